The quantitative estimate of drug-likeness (QED) is 0.579. The van der Waals surface area contributed by atoms with Gasteiger partial charge in [0.05, 0.1) is 4.90 Å². The number of rotatable bonds is 8. The van der Waals surface area contributed by atoms with Crippen molar-refractivity contribution in [2.45, 2.75) is 36.8 Å². The summed E-state index contributed by atoms with van der Waals surface area (Å²) in [5, 5.41) is 6.95. The van der Waals surface area contributed by atoms with Crippen molar-refractivity contribution in [2.75, 3.05) is 5.32 Å². The standard InChI is InChI=1S/C20H20ClN3O4S/c1-2-14-3-7-16(8-4-14)22-19(25)11-12-20-23-18(24-28-20)13-29(26,27)17-9-5-15(21)6-10-17/h3-10H,2,11-13H2,1H3,(H,22,25). The Balaban J connectivity index is 1.54. The molecule has 3 rings (SSSR count). The van der Waals surface area contributed by atoms with Gasteiger partial charge in [-0.1, -0.05) is 35.8 Å². The Hall–Kier alpha value is -2.71. The molecule has 0 unspecified atom stereocenters. The van der Waals surface area contributed by atoms with Gasteiger partial charge >= 0.3 is 0 Å². The number of carbonyl (C=O) groups excluding carboxylic acids is 1. The molecule has 0 atom stereocenters. The monoisotopic (exact) mass is 433 g/mol. The van der Waals surface area contributed by atoms with E-state index in [-0.39, 0.29) is 35.4 Å². The minimum absolute atomic E-state index is 0.0468. The summed E-state index contributed by atoms with van der Waals surface area (Å²) >= 11 is 5.78. The summed E-state index contributed by atoms with van der Waals surface area (Å²) in [7, 11) is -3.62. The van der Waals surface area contributed by atoms with Crippen LogP contribution in [0.15, 0.2) is 57.9 Å². The molecule has 0 bridgehead atoms. The van der Waals surface area contributed by atoms with E-state index in [1.807, 2.05) is 24.3 Å². The maximum Gasteiger partial charge on any atom is 0.227 e. The summed E-state index contributed by atoms with van der Waals surface area (Å²) in [4.78, 5) is 16.3. The Morgan fingerprint density at radius 2 is 1.79 bits per heavy atom. The van der Waals surface area contributed by atoms with Gasteiger partial charge in [-0.15, -0.1) is 0 Å². The smallest absolute Gasteiger partial charge is 0.227 e. The summed E-state index contributed by atoms with van der Waals surface area (Å²) in [6.45, 7) is 2.06. The van der Waals surface area contributed by atoms with Crippen LogP contribution in [0.4, 0.5) is 5.69 Å². The number of nitrogens with one attached hydrogen (secondary N) is 1. The molecular weight excluding hydrogens is 414 g/mol. The number of aryl methyl sites for hydroxylation is 2. The highest BCUT2D eigenvalue weighted by Gasteiger charge is 2.19. The van der Waals surface area contributed by atoms with Gasteiger partial charge in [-0.3, -0.25) is 4.79 Å². The van der Waals surface area contributed by atoms with Gasteiger partial charge in [0.1, 0.15) is 5.75 Å². The van der Waals surface area contributed by atoms with Gasteiger partial charge in [0.25, 0.3) is 0 Å². The Kier molecular flexibility index (Phi) is 6.66. The number of anilines is 1. The van der Waals surface area contributed by atoms with Crippen molar-refractivity contribution < 1.29 is 17.7 Å². The van der Waals surface area contributed by atoms with Crippen LogP contribution in [0, 0.1) is 0 Å². The molecule has 7 nitrogen and oxygen atoms in total. The molecular formula is C20H20ClN3O4S. The van der Waals surface area contributed by atoms with Crippen LogP contribution in [0.1, 0.15) is 30.6 Å². The molecule has 0 aliphatic carbocycles. The minimum atomic E-state index is -3.62. The normalized spacial score (nSPS) is 11.4. The fraction of sp³-hybridized carbons (Fsp3) is 0.250. The van der Waals surface area contributed by atoms with Gasteiger partial charge < -0.3 is 9.84 Å². The van der Waals surface area contributed by atoms with Crippen LogP contribution in [-0.2, 0) is 33.2 Å². The summed E-state index contributed by atoms with van der Waals surface area (Å²) in [5.74, 6) is -0.329. The molecule has 0 saturated carbocycles. The molecule has 0 aliphatic heterocycles. The van der Waals surface area contributed by atoms with Crippen molar-refractivity contribution in [3.63, 3.8) is 0 Å². The zero-order chi connectivity index (χ0) is 20.9. The Morgan fingerprint density at radius 3 is 2.45 bits per heavy atom. The molecule has 1 heterocycles. The lowest BCUT2D eigenvalue weighted by molar-refractivity contribution is -0.116. The molecule has 1 N–H and O–H groups in total. The predicted molar refractivity (Wildman–Crippen MR) is 109 cm³/mol. The highest BCUT2D eigenvalue weighted by atomic mass is 35.5. The first-order chi connectivity index (χ1) is 13.9. The van der Waals surface area contributed by atoms with Gasteiger partial charge in [-0.25, -0.2) is 8.42 Å². The predicted octanol–water partition coefficient (Wildman–Crippen LogP) is 3.83. The van der Waals surface area contributed by atoms with Gasteiger partial charge in [0.2, 0.25) is 11.8 Å². The molecule has 3 aromatic rings. The van der Waals surface area contributed by atoms with E-state index in [2.05, 4.69) is 22.4 Å². The van der Waals surface area contributed by atoms with E-state index in [1.54, 1.807) is 0 Å². The summed E-state index contributed by atoms with van der Waals surface area (Å²) in [6.07, 6.45) is 1.29. The first-order valence-electron chi connectivity index (χ1n) is 9.04. The lowest BCUT2D eigenvalue weighted by Crippen LogP contribution is -2.12. The molecule has 2 aromatic carbocycles. The second kappa shape index (κ2) is 9.19. The zero-order valence-corrected chi connectivity index (χ0v) is 17.3. The maximum absolute atomic E-state index is 12.4. The second-order valence-corrected chi connectivity index (χ2v) is 8.84. The molecule has 1 aromatic heterocycles. The number of benzene rings is 2. The van der Waals surface area contributed by atoms with Gasteiger partial charge in [-0.05, 0) is 48.4 Å². The molecule has 0 fully saturated rings. The van der Waals surface area contributed by atoms with Crippen molar-refractivity contribution >= 4 is 33.0 Å². The number of hydrogen-bond donors (Lipinski definition) is 1. The number of halogens is 1. The van der Waals surface area contributed by atoms with E-state index in [0.29, 0.717) is 10.7 Å². The fourth-order valence-electron chi connectivity index (χ4n) is 2.61. The van der Waals surface area contributed by atoms with E-state index in [4.69, 9.17) is 16.1 Å². The molecule has 0 saturated heterocycles. The summed E-state index contributed by atoms with van der Waals surface area (Å²) < 4.78 is 29.9. The number of hydrogen-bond acceptors (Lipinski definition) is 6. The topological polar surface area (TPSA) is 102 Å². The summed E-state index contributed by atoms with van der Waals surface area (Å²) in [5.41, 5.74) is 1.91. The molecule has 29 heavy (non-hydrogen) atoms. The summed E-state index contributed by atoms with van der Waals surface area (Å²) in [6, 6.07) is 13.5. The Bertz CT molecular complexity index is 1080. The molecule has 0 spiro atoms. The van der Waals surface area contributed by atoms with Crippen molar-refractivity contribution in [1.82, 2.24) is 10.1 Å². The lowest BCUT2D eigenvalue weighted by Gasteiger charge is -2.05. The minimum Gasteiger partial charge on any atom is -0.339 e. The third-order valence-corrected chi connectivity index (χ3v) is 6.09. The van der Waals surface area contributed by atoms with Crippen molar-refractivity contribution in [3.8, 4) is 0 Å². The van der Waals surface area contributed by atoms with Crippen molar-refractivity contribution in [3.05, 3.63) is 70.8 Å². The average Bonchev–Trinajstić information content (AvgIpc) is 3.14. The zero-order valence-electron chi connectivity index (χ0n) is 15.8. The third-order valence-electron chi connectivity index (χ3n) is 4.21. The largest absolute Gasteiger partial charge is 0.339 e. The van der Waals surface area contributed by atoms with Crippen molar-refractivity contribution in [1.29, 1.82) is 0 Å². The van der Waals surface area contributed by atoms with Crippen LogP contribution in [0.25, 0.3) is 0 Å². The molecule has 9 heteroatoms. The van der Waals surface area contributed by atoms with Crippen LogP contribution < -0.4 is 5.32 Å². The van der Waals surface area contributed by atoms with Crippen LogP contribution in [0.5, 0.6) is 0 Å². The van der Waals surface area contributed by atoms with Crippen LogP contribution in [0.3, 0.4) is 0 Å². The van der Waals surface area contributed by atoms with E-state index in [9.17, 15) is 13.2 Å². The van der Waals surface area contributed by atoms with Crippen LogP contribution in [0.2, 0.25) is 5.02 Å². The van der Waals surface area contributed by atoms with E-state index in [0.717, 1.165) is 6.42 Å². The first kappa shape index (κ1) is 21.0. The number of nitrogens with zero attached hydrogens (tertiary/aromatic N) is 2. The van der Waals surface area contributed by atoms with Gasteiger partial charge in [0, 0.05) is 23.6 Å². The van der Waals surface area contributed by atoms with Crippen molar-refractivity contribution in [2.24, 2.45) is 0 Å². The number of aromatic nitrogens is 2. The fourth-order valence-corrected chi connectivity index (χ4v) is 3.91. The number of amides is 1. The van der Waals surface area contributed by atoms with E-state index < -0.39 is 15.6 Å². The highest BCUT2D eigenvalue weighted by Crippen LogP contribution is 2.18. The van der Waals surface area contributed by atoms with Crippen LogP contribution in [-0.4, -0.2) is 24.5 Å². The lowest BCUT2D eigenvalue weighted by atomic mass is 10.1. The SMILES string of the molecule is CCc1ccc(NC(=O)CCc2nc(CS(=O)(=O)c3ccc(Cl)cc3)no2)cc1. The third kappa shape index (κ3) is 5.88. The van der Waals surface area contributed by atoms with Gasteiger partial charge in [-0.2, -0.15) is 4.98 Å². The maximum atomic E-state index is 12.4. The molecule has 0 radical (unpaired) electrons. The van der Waals surface area contributed by atoms with Crippen LogP contribution >= 0.6 is 11.6 Å². The van der Waals surface area contributed by atoms with E-state index >= 15 is 0 Å². The molecule has 0 aliphatic rings. The molecule has 152 valence electrons. The number of carbonyl (C=O) groups is 1. The Labute approximate surface area is 174 Å². The first-order valence-corrected chi connectivity index (χ1v) is 11.1. The van der Waals surface area contributed by atoms with Gasteiger partial charge in [0.15, 0.2) is 15.7 Å². The molecule has 1 amide bonds. The Morgan fingerprint density at radius 1 is 1.10 bits per heavy atom. The number of sulfone groups is 1. The average molecular weight is 434 g/mol. The highest BCUT2D eigenvalue weighted by molar-refractivity contribution is 7.90. The van der Waals surface area contributed by atoms with E-state index in [1.165, 1.54) is 29.8 Å². The second-order valence-electron chi connectivity index (χ2n) is 6.42.